The molecule has 3 N–H and O–H groups in total. The van der Waals surface area contributed by atoms with Gasteiger partial charge < -0.3 is 20.6 Å². The zero-order valence-electron chi connectivity index (χ0n) is 11.7. The number of halogens is 1. The summed E-state index contributed by atoms with van der Waals surface area (Å²) in [6.07, 6.45) is 1.46. The number of rotatable bonds is 4. The number of nitrogens with zero attached hydrogens (tertiary/aromatic N) is 3. The summed E-state index contributed by atoms with van der Waals surface area (Å²) in [6, 6.07) is -0.448. The highest BCUT2D eigenvalue weighted by atomic mass is 35.5. The SMILES string of the molecule is CNC(=O)C1CNCCN1c1cnn(CCO)c(=O)c1Cl. The number of nitrogens with one attached hydrogen (secondary N) is 2. The standard InChI is InChI=1S/C12H18ClN5O3/c1-14-11(20)9-6-15-2-3-17(9)8-7-16-18(4-5-19)12(21)10(8)13/h7,9,15,19H,2-6H2,1H3,(H,14,20). The van der Waals surface area contributed by atoms with E-state index in [2.05, 4.69) is 15.7 Å². The van der Waals surface area contributed by atoms with Crippen molar-refractivity contribution < 1.29 is 9.90 Å². The molecule has 0 saturated carbocycles. The first-order valence-electron chi connectivity index (χ1n) is 6.65. The molecule has 1 amide bonds. The molecule has 2 rings (SSSR count). The molecule has 0 radical (unpaired) electrons. The van der Waals surface area contributed by atoms with Crippen LogP contribution < -0.4 is 21.1 Å². The van der Waals surface area contributed by atoms with E-state index >= 15 is 0 Å². The van der Waals surface area contributed by atoms with Crippen molar-refractivity contribution in [2.45, 2.75) is 12.6 Å². The monoisotopic (exact) mass is 315 g/mol. The lowest BCUT2D eigenvalue weighted by molar-refractivity contribution is -0.122. The fourth-order valence-corrected chi connectivity index (χ4v) is 2.56. The molecule has 0 spiro atoms. The molecular weight excluding hydrogens is 298 g/mol. The topological polar surface area (TPSA) is 99.5 Å². The highest BCUT2D eigenvalue weighted by molar-refractivity contribution is 6.33. The van der Waals surface area contributed by atoms with Gasteiger partial charge in [-0.05, 0) is 0 Å². The number of amides is 1. The number of carbonyl (C=O) groups excluding carboxylic acids is 1. The molecule has 9 heteroatoms. The second-order valence-electron chi connectivity index (χ2n) is 4.62. The number of likely N-dealkylation sites (N-methyl/N-ethyl adjacent to an activating group) is 1. The Morgan fingerprint density at radius 3 is 3.10 bits per heavy atom. The first kappa shape index (κ1) is 15.7. The molecule has 2 heterocycles. The van der Waals surface area contributed by atoms with Gasteiger partial charge in [-0.3, -0.25) is 9.59 Å². The molecule has 8 nitrogen and oxygen atoms in total. The number of aliphatic hydroxyl groups excluding tert-OH is 1. The van der Waals surface area contributed by atoms with Gasteiger partial charge in [0, 0.05) is 26.7 Å². The fourth-order valence-electron chi connectivity index (χ4n) is 2.30. The summed E-state index contributed by atoms with van der Waals surface area (Å²) in [7, 11) is 1.56. The molecule has 116 valence electrons. The Balaban J connectivity index is 2.37. The van der Waals surface area contributed by atoms with Gasteiger partial charge in [-0.1, -0.05) is 11.6 Å². The molecular formula is C12H18ClN5O3. The van der Waals surface area contributed by atoms with Gasteiger partial charge in [-0.25, -0.2) is 4.68 Å². The Morgan fingerprint density at radius 1 is 1.67 bits per heavy atom. The summed E-state index contributed by atoms with van der Waals surface area (Å²) in [5.74, 6) is -0.155. The molecule has 0 aromatic carbocycles. The predicted molar refractivity (Wildman–Crippen MR) is 78.7 cm³/mol. The van der Waals surface area contributed by atoms with Gasteiger partial charge >= 0.3 is 0 Å². The molecule has 1 unspecified atom stereocenters. The minimum atomic E-state index is -0.475. The Hall–Kier alpha value is -1.64. The summed E-state index contributed by atoms with van der Waals surface area (Å²) in [4.78, 5) is 25.8. The van der Waals surface area contributed by atoms with Crippen LogP contribution in [0.4, 0.5) is 5.69 Å². The van der Waals surface area contributed by atoms with Crippen molar-refractivity contribution in [1.82, 2.24) is 20.4 Å². The molecule has 1 aromatic rings. The number of hydrogen-bond acceptors (Lipinski definition) is 6. The highest BCUT2D eigenvalue weighted by Gasteiger charge is 2.30. The smallest absolute Gasteiger partial charge is 0.287 e. The molecule has 1 atom stereocenters. The van der Waals surface area contributed by atoms with E-state index in [1.165, 1.54) is 6.20 Å². The van der Waals surface area contributed by atoms with E-state index in [1.54, 1.807) is 11.9 Å². The molecule has 1 aliphatic heterocycles. The van der Waals surface area contributed by atoms with Crippen LogP contribution in [-0.4, -0.2) is 60.1 Å². The number of anilines is 1. The minimum absolute atomic E-state index is 0.00857. The summed E-state index contributed by atoms with van der Waals surface area (Å²) >= 11 is 6.13. The van der Waals surface area contributed by atoms with Gasteiger partial charge in [0.2, 0.25) is 5.91 Å². The Morgan fingerprint density at radius 2 is 2.43 bits per heavy atom. The summed E-state index contributed by atoms with van der Waals surface area (Å²) in [5.41, 5.74) is -0.0386. The highest BCUT2D eigenvalue weighted by Crippen LogP contribution is 2.24. The third kappa shape index (κ3) is 3.17. The third-order valence-electron chi connectivity index (χ3n) is 3.38. The molecule has 21 heavy (non-hydrogen) atoms. The minimum Gasteiger partial charge on any atom is -0.394 e. The molecule has 1 aromatic heterocycles. The number of aliphatic hydroxyl groups is 1. The fraction of sp³-hybridized carbons (Fsp3) is 0.583. The van der Waals surface area contributed by atoms with Gasteiger partial charge in [0.1, 0.15) is 11.1 Å². The van der Waals surface area contributed by atoms with Gasteiger partial charge in [-0.15, -0.1) is 0 Å². The predicted octanol–water partition coefficient (Wildman–Crippen LogP) is -1.59. The third-order valence-corrected chi connectivity index (χ3v) is 3.74. The lowest BCUT2D eigenvalue weighted by Gasteiger charge is -2.36. The van der Waals surface area contributed by atoms with Crippen LogP contribution in [0.25, 0.3) is 0 Å². The molecule has 1 saturated heterocycles. The number of carbonyl (C=O) groups is 1. The molecule has 1 aliphatic rings. The normalized spacial score (nSPS) is 18.6. The summed E-state index contributed by atoms with van der Waals surface area (Å²) < 4.78 is 1.10. The largest absolute Gasteiger partial charge is 0.394 e. The van der Waals surface area contributed by atoms with Crippen LogP contribution in [-0.2, 0) is 11.3 Å². The van der Waals surface area contributed by atoms with Crippen molar-refractivity contribution in [3.63, 3.8) is 0 Å². The number of hydrogen-bond donors (Lipinski definition) is 3. The van der Waals surface area contributed by atoms with Crippen LogP contribution in [0.15, 0.2) is 11.0 Å². The number of piperazine rings is 1. The van der Waals surface area contributed by atoms with Crippen LogP contribution in [0.1, 0.15) is 0 Å². The first-order valence-corrected chi connectivity index (χ1v) is 7.03. The van der Waals surface area contributed by atoms with Crippen molar-refractivity contribution in [3.05, 3.63) is 21.6 Å². The second kappa shape index (κ2) is 6.88. The Kier molecular flexibility index (Phi) is 5.16. The lowest BCUT2D eigenvalue weighted by Crippen LogP contribution is -2.58. The maximum absolute atomic E-state index is 12.1. The van der Waals surface area contributed by atoms with Gasteiger partial charge in [-0.2, -0.15) is 5.10 Å². The number of aromatic nitrogens is 2. The van der Waals surface area contributed by atoms with E-state index in [9.17, 15) is 9.59 Å². The van der Waals surface area contributed by atoms with Crippen LogP contribution in [0.2, 0.25) is 5.02 Å². The Labute approximate surface area is 126 Å². The Bertz CT molecular complexity index is 577. The van der Waals surface area contributed by atoms with Crippen molar-refractivity contribution in [3.8, 4) is 0 Å². The van der Waals surface area contributed by atoms with E-state index in [1.807, 2.05) is 0 Å². The second-order valence-corrected chi connectivity index (χ2v) is 5.00. The van der Waals surface area contributed by atoms with Crippen molar-refractivity contribution in [2.24, 2.45) is 0 Å². The molecule has 0 aliphatic carbocycles. The van der Waals surface area contributed by atoms with E-state index in [0.29, 0.717) is 25.3 Å². The molecule has 1 fully saturated rings. The zero-order valence-corrected chi connectivity index (χ0v) is 12.4. The van der Waals surface area contributed by atoms with Crippen LogP contribution in [0, 0.1) is 0 Å². The van der Waals surface area contributed by atoms with E-state index in [4.69, 9.17) is 16.7 Å². The van der Waals surface area contributed by atoms with Gasteiger partial charge in [0.25, 0.3) is 5.56 Å². The van der Waals surface area contributed by atoms with Crippen molar-refractivity contribution in [1.29, 1.82) is 0 Å². The van der Waals surface area contributed by atoms with E-state index in [-0.39, 0.29) is 24.1 Å². The van der Waals surface area contributed by atoms with Gasteiger partial charge in [0.05, 0.1) is 25.0 Å². The maximum atomic E-state index is 12.1. The van der Waals surface area contributed by atoms with Crippen molar-refractivity contribution in [2.75, 3.05) is 38.2 Å². The van der Waals surface area contributed by atoms with E-state index in [0.717, 1.165) is 4.68 Å². The summed E-state index contributed by atoms with van der Waals surface area (Å²) in [5, 5.41) is 18.6. The summed E-state index contributed by atoms with van der Waals surface area (Å²) in [6.45, 7) is 1.58. The zero-order chi connectivity index (χ0) is 15.4. The average Bonchev–Trinajstić information content (AvgIpc) is 2.51. The average molecular weight is 316 g/mol. The van der Waals surface area contributed by atoms with Crippen LogP contribution in [0.3, 0.4) is 0 Å². The molecule has 0 bridgehead atoms. The van der Waals surface area contributed by atoms with E-state index < -0.39 is 11.6 Å². The van der Waals surface area contributed by atoms with Crippen LogP contribution in [0.5, 0.6) is 0 Å². The maximum Gasteiger partial charge on any atom is 0.287 e. The first-order chi connectivity index (χ1) is 10.1. The van der Waals surface area contributed by atoms with Gasteiger partial charge in [0.15, 0.2) is 0 Å². The quantitative estimate of drug-likeness (QED) is 0.620. The lowest BCUT2D eigenvalue weighted by atomic mass is 10.1. The van der Waals surface area contributed by atoms with Crippen LogP contribution >= 0.6 is 11.6 Å². The van der Waals surface area contributed by atoms with Crippen molar-refractivity contribution >= 4 is 23.2 Å².